The van der Waals surface area contributed by atoms with Gasteiger partial charge < -0.3 is 10.1 Å². The fourth-order valence-electron chi connectivity index (χ4n) is 1.68. The van der Waals surface area contributed by atoms with E-state index >= 15 is 0 Å². The Morgan fingerprint density at radius 1 is 1.54 bits per heavy atom. The lowest BCUT2D eigenvalue weighted by Crippen LogP contribution is -2.43. The maximum absolute atomic E-state index is 11.3. The van der Waals surface area contributed by atoms with Gasteiger partial charge in [0.1, 0.15) is 0 Å². The molecule has 74 valence electrons. The number of amides is 1. The molecule has 3 nitrogen and oxygen atoms in total. The molecule has 1 rings (SSSR count). The molecule has 0 aromatic rings. The van der Waals surface area contributed by atoms with Gasteiger partial charge in [-0.1, -0.05) is 6.92 Å². The van der Waals surface area contributed by atoms with E-state index in [1.807, 2.05) is 6.92 Å². The molecule has 1 amide bonds. The lowest BCUT2D eigenvalue weighted by Gasteiger charge is -2.29. The second-order valence-electron chi connectivity index (χ2n) is 3.90. The fourth-order valence-corrected chi connectivity index (χ4v) is 1.68. The van der Waals surface area contributed by atoms with Gasteiger partial charge in [0.25, 0.3) is 0 Å². The van der Waals surface area contributed by atoms with Gasteiger partial charge in [0, 0.05) is 12.5 Å². The summed E-state index contributed by atoms with van der Waals surface area (Å²) in [5, 5.41) is 3.07. The number of hydrogen-bond acceptors (Lipinski definition) is 2. The first-order valence-corrected chi connectivity index (χ1v) is 5.20. The molecule has 0 radical (unpaired) electrons. The molecule has 1 N–H and O–H groups in total. The molecule has 1 aliphatic heterocycles. The number of nitrogens with zero attached hydrogens (tertiary/aromatic N) is 1. The molecular weight excluding hydrogens is 163 g/mol. The van der Waals surface area contributed by atoms with E-state index in [9.17, 15) is 4.79 Å². The minimum atomic E-state index is 0.219. The van der Waals surface area contributed by atoms with Crippen molar-refractivity contribution >= 4 is 13.9 Å². The van der Waals surface area contributed by atoms with Gasteiger partial charge in [-0.15, -0.1) is 0 Å². The summed E-state index contributed by atoms with van der Waals surface area (Å²) in [5.41, 5.74) is 0. The Balaban J connectivity index is 2.18. The van der Waals surface area contributed by atoms with E-state index in [1.54, 1.807) is 0 Å². The van der Waals surface area contributed by atoms with Crippen molar-refractivity contribution in [1.29, 1.82) is 0 Å². The molecule has 0 bridgehead atoms. The monoisotopic (exact) mass is 182 g/mol. The molecule has 1 aliphatic rings. The molecule has 0 unspecified atom stereocenters. The van der Waals surface area contributed by atoms with Crippen LogP contribution >= 0.6 is 0 Å². The average molecular weight is 182 g/mol. The van der Waals surface area contributed by atoms with Crippen LogP contribution in [0.4, 0.5) is 0 Å². The normalized spacial score (nSPS) is 20.1. The zero-order valence-electron chi connectivity index (χ0n) is 8.68. The largest absolute Gasteiger partial charge is 0.353 e. The number of carbonyl (C=O) groups excluding carboxylic acids is 1. The van der Waals surface area contributed by atoms with Crippen molar-refractivity contribution in [3.8, 4) is 0 Å². The van der Waals surface area contributed by atoms with Gasteiger partial charge >= 0.3 is 0 Å². The van der Waals surface area contributed by atoms with Crippen LogP contribution in [-0.4, -0.2) is 37.8 Å². The highest BCUT2D eigenvalue weighted by molar-refractivity contribution is 6.04. The van der Waals surface area contributed by atoms with Crippen molar-refractivity contribution in [2.75, 3.05) is 13.1 Å². The molecule has 1 fully saturated rings. The molecule has 0 saturated carbocycles. The maximum Gasteiger partial charge on any atom is 0.220 e. The van der Waals surface area contributed by atoms with Crippen LogP contribution in [0.5, 0.6) is 0 Å². The number of nitrogens with one attached hydrogen (secondary N) is 1. The van der Waals surface area contributed by atoms with Crippen LogP contribution in [0, 0.1) is 0 Å². The molecular formula is C9H19BN2O. The number of hydrogen-bond donors (Lipinski definition) is 1. The van der Waals surface area contributed by atoms with Crippen LogP contribution in [0.3, 0.4) is 0 Å². The fraction of sp³-hybridized carbons (Fsp3) is 0.889. The van der Waals surface area contributed by atoms with E-state index in [4.69, 9.17) is 0 Å². The molecule has 0 spiro atoms. The van der Waals surface area contributed by atoms with Gasteiger partial charge in [0.05, 0.1) is 0 Å². The van der Waals surface area contributed by atoms with Gasteiger partial charge in [-0.05, 0) is 32.4 Å². The Labute approximate surface area is 81.3 Å². The molecule has 1 heterocycles. The first-order chi connectivity index (χ1) is 6.22. The van der Waals surface area contributed by atoms with Gasteiger partial charge in [-0.3, -0.25) is 4.79 Å². The van der Waals surface area contributed by atoms with Crippen LogP contribution in [0.25, 0.3) is 0 Å². The quantitative estimate of drug-likeness (QED) is 0.619. The third-order valence-electron chi connectivity index (χ3n) is 2.56. The summed E-state index contributed by atoms with van der Waals surface area (Å²) in [6.45, 7) is 4.25. The van der Waals surface area contributed by atoms with Crippen LogP contribution < -0.4 is 5.32 Å². The molecule has 4 heteroatoms. The van der Waals surface area contributed by atoms with Crippen molar-refractivity contribution in [2.45, 2.75) is 38.6 Å². The molecule has 1 saturated heterocycles. The van der Waals surface area contributed by atoms with E-state index in [0.717, 1.165) is 32.4 Å². The number of carbonyl (C=O) groups is 1. The predicted molar refractivity (Wildman–Crippen MR) is 56.2 cm³/mol. The van der Waals surface area contributed by atoms with Crippen molar-refractivity contribution < 1.29 is 4.79 Å². The van der Waals surface area contributed by atoms with E-state index in [0.29, 0.717) is 12.5 Å². The van der Waals surface area contributed by atoms with Gasteiger partial charge in [-0.2, -0.15) is 0 Å². The minimum Gasteiger partial charge on any atom is -0.353 e. The van der Waals surface area contributed by atoms with Crippen molar-refractivity contribution in [2.24, 2.45) is 0 Å². The van der Waals surface area contributed by atoms with E-state index < -0.39 is 0 Å². The van der Waals surface area contributed by atoms with Crippen LogP contribution in [0.1, 0.15) is 32.6 Å². The van der Waals surface area contributed by atoms with E-state index in [-0.39, 0.29) is 5.91 Å². The first-order valence-electron chi connectivity index (χ1n) is 5.20. The highest BCUT2D eigenvalue weighted by Crippen LogP contribution is 2.07. The SMILES string of the molecule is BN1CCC(NC(=O)CCC)CC1. The Kier molecular flexibility index (Phi) is 4.29. The summed E-state index contributed by atoms with van der Waals surface area (Å²) < 4.78 is 0. The summed E-state index contributed by atoms with van der Waals surface area (Å²) in [4.78, 5) is 13.6. The maximum atomic E-state index is 11.3. The molecule has 0 aliphatic carbocycles. The smallest absolute Gasteiger partial charge is 0.220 e. The Bertz CT molecular complexity index is 167. The summed E-state index contributed by atoms with van der Waals surface area (Å²) in [6.07, 6.45) is 3.82. The van der Waals surface area contributed by atoms with Gasteiger partial charge in [0.15, 0.2) is 7.98 Å². The standard InChI is InChI=1S/C9H19BN2O/c1-2-3-9(13)11-8-4-6-12(10)7-5-8/h8H,2-7,10H2,1H3,(H,11,13). The van der Waals surface area contributed by atoms with Crippen LogP contribution in [-0.2, 0) is 4.79 Å². The summed E-state index contributed by atoms with van der Waals surface area (Å²) >= 11 is 0. The first kappa shape index (κ1) is 10.6. The van der Waals surface area contributed by atoms with Crippen molar-refractivity contribution in [1.82, 2.24) is 10.1 Å². The Morgan fingerprint density at radius 3 is 2.69 bits per heavy atom. The lowest BCUT2D eigenvalue weighted by molar-refractivity contribution is -0.122. The summed E-state index contributed by atoms with van der Waals surface area (Å²) in [6, 6.07) is 0.426. The van der Waals surface area contributed by atoms with Crippen LogP contribution in [0.2, 0.25) is 0 Å². The number of rotatable bonds is 3. The van der Waals surface area contributed by atoms with Gasteiger partial charge in [0.2, 0.25) is 5.91 Å². The predicted octanol–water partition coefficient (Wildman–Crippen LogP) is -0.0848. The second-order valence-corrected chi connectivity index (χ2v) is 3.90. The minimum absolute atomic E-state index is 0.219. The highest BCUT2D eigenvalue weighted by Gasteiger charge is 2.17. The highest BCUT2D eigenvalue weighted by atomic mass is 16.1. The molecule has 0 aromatic heterocycles. The van der Waals surface area contributed by atoms with E-state index in [1.165, 1.54) is 0 Å². The van der Waals surface area contributed by atoms with E-state index in [2.05, 4.69) is 18.1 Å². The Morgan fingerprint density at radius 2 is 2.15 bits per heavy atom. The van der Waals surface area contributed by atoms with Crippen molar-refractivity contribution in [3.05, 3.63) is 0 Å². The summed E-state index contributed by atoms with van der Waals surface area (Å²) in [5.74, 6) is 0.219. The topological polar surface area (TPSA) is 32.3 Å². The zero-order chi connectivity index (χ0) is 9.68. The van der Waals surface area contributed by atoms with Crippen LogP contribution in [0.15, 0.2) is 0 Å². The third-order valence-corrected chi connectivity index (χ3v) is 2.56. The molecule has 13 heavy (non-hydrogen) atoms. The number of piperidine rings is 1. The van der Waals surface area contributed by atoms with Crippen molar-refractivity contribution in [3.63, 3.8) is 0 Å². The third kappa shape index (κ3) is 3.81. The zero-order valence-corrected chi connectivity index (χ0v) is 8.68. The summed E-state index contributed by atoms with van der Waals surface area (Å²) in [7, 11) is 2.13. The molecule has 0 atom stereocenters. The second kappa shape index (κ2) is 5.27. The van der Waals surface area contributed by atoms with Gasteiger partial charge in [-0.25, -0.2) is 0 Å². The average Bonchev–Trinajstić information content (AvgIpc) is 2.09. The lowest BCUT2D eigenvalue weighted by atomic mass is 10.0. The molecule has 0 aromatic carbocycles. The Hall–Kier alpha value is -0.505.